The van der Waals surface area contributed by atoms with Crippen molar-refractivity contribution < 1.29 is 9.69 Å². The highest BCUT2D eigenvalue weighted by molar-refractivity contribution is 7.80. The molecule has 0 bridgehead atoms. The monoisotopic (exact) mass is 349 g/mol. The Kier molecular flexibility index (Phi) is 6.57. The Hall–Kier alpha value is -1.66. The molecule has 1 fully saturated rings. The van der Waals surface area contributed by atoms with Gasteiger partial charge >= 0.3 is 0 Å². The third-order valence-corrected chi connectivity index (χ3v) is 4.37. The number of hydrogen-bond acceptors (Lipinski definition) is 2. The average molecular weight is 350 g/mol. The minimum atomic E-state index is -0.165. The van der Waals surface area contributed by atoms with Gasteiger partial charge < -0.3 is 20.4 Å². The molecule has 1 heterocycles. The van der Waals surface area contributed by atoms with Gasteiger partial charge in [-0.15, -0.1) is 0 Å². The summed E-state index contributed by atoms with van der Waals surface area (Å²) >= 11 is 5.50. The van der Waals surface area contributed by atoms with Crippen LogP contribution in [0.5, 0.6) is 0 Å². The minimum Gasteiger partial charge on any atom is -0.358 e. The summed E-state index contributed by atoms with van der Waals surface area (Å²) in [5.41, 5.74) is 1.06. The van der Waals surface area contributed by atoms with E-state index in [0.717, 1.165) is 37.8 Å². The summed E-state index contributed by atoms with van der Waals surface area (Å²) in [6.07, 6.45) is 0. The molecule has 0 aromatic heterocycles. The maximum absolute atomic E-state index is 12.0. The van der Waals surface area contributed by atoms with Crippen LogP contribution >= 0.6 is 12.2 Å². The van der Waals surface area contributed by atoms with Crippen molar-refractivity contribution in [2.75, 3.05) is 32.7 Å². The molecule has 0 radical (unpaired) electrons. The van der Waals surface area contributed by atoms with E-state index in [1.54, 1.807) is 0 Å². The number of nitrogens with zero attached hydrogens (tertiary/aromatic N) is 1. The van der Waals surface area contributed by atoms with Crippen molar-refractivity contribution in [1.82, 2.24) is 15.5 Å². The Morgan fingerprint density at radius 1 is 1.21 bits per heavy atom. The van der Waals surface area contributed by atoms with E-state index in [9.17, 15) is 4.79 Å². The highest BCUT2D eigenvalue weighted by atomic mass is 32.1. The number of thiocarbonyl (C=S) groups is 1. The minimum absolute atomic E-state index is 0.121. The number of rotatable bonds is 4. The summed E-state index contributed by atoms with van der Waals surface area (Å²) in [6, 6.07) is 10.3. The van der Waals surface area contributed by atoms with Gasteiger partial charge in [0, 0.05) is 12.1 Å². The fourth-order valence-corrected chi connectivity index (χ4v) is 3.03. The summed E-state index contributed by atoms with van der Waals surface area (Å²) in [4.78, 5) is 15.5. The van der Waals surface area contributed by atoms with Gasteiger partial charge in [-0.25, -0.2) is 0 Å². The molecule has 1 aromatic rings. The van der Waals surface area contributed by atoms with Crippen LogP contribution in [0.4, 0.5) is 0 Å². The number of hydrogen-bond donors (Lipinski definition) is 3. The molecule has 1 amide bonds. The van der Waals surface area contributed by atoms with Gasteiger partial charge in [0.05, 0.1) is 26.2 Å². The lowest BCUT2D eigenvalue weighted by molar-refractivity contribution is -0.895. The fourth-order valence-electron chi connectivity index (χ4n) is 2.78. The van der Waals surface area contributed by atoms with Gasteiger partial charge in [-0.2, -0.15) is 0 Å². The van der Waals surface area contributed by atoms with Crippen LogP contribution in [0.1, 0.15) is 26.3 Å². The lowest BCUT2D eigenvalue weighted by Gasteiger charge is -2.34. The van der Waals surface area contributed by atoms with E-state index in [1.807, 2.05) is 39.0 Å². The molecule has 1 aliphatic heterocycles. The van der Waals surface area contributed by atoms with E-state index in [0.29, 0.717) is 6.54 Å². The van der Waals surface area contributed by atoms with Crippen molar-refractivity contribution >= 4 is 23.2 Å². The molecule has 0 unspecified atom stereocenters. The summed E-state index contributed by atoms with van der Waals surface area (Å²) < 4.78 is 0. The quantitative estimate of drug-likeness (QED) is 0.679. The largest absolute Gasteiger partial charge is 0.358 e. The lowest BCUT2D eigenvalue weighted by Crippen LogP contribution is -3.16. The Bertz CT molecular complexity index is 548. The summed E-state index contributed by atoms with van der Waals surface area (Å²) in [7, 11) is 0. The molecular formula is C18H29N4OS+. The van der Waals surface area contributed by atoms with Crippen LogP contribution in [0.15, 0.2) is 30.3 Å². The van der Waals surface area contributed by atoms with Crippen LogP contribution in [-0.2, 0) is 11.3 Å². The third-order valence-electron chi connectivity index (χ3n) is 3.97. The van der Waals surface area contributed by atoms with E-state index in [2.05, 4.69) is 27.7 Å². The number of benzene rings is 1. The molecule has 3 N–H and O–H groups in total. The Morgan fingerprint density at radius 3 is 2.42 bits per heavy atom. The van der Waals surface area contributed by atoms with Crippen LogP contribution in [0.25, 0.3) is 0 Å². The zero-order chi connectivity index (χ0) is 17.6. The molecule has 1 aliphatic rings. The number of amides is 1. The number of carbonyl (C=O) groups is 1. The standard InChI is InChI=1S/C18H28N4OS/c1-18(2,3)20-16(23)14-21-9-11-22(12-10-21)17(24)19-13-15-7-5-4-6-8-15/h4-8H,9-14H2,1-3H3,(H,19,24)(H,20,23)/p+1. The SMILES string of the molecule is CC(C)(C)NC(=O)C[NH+]1CCN(C(=S)NCc2ccccc2)CC1. The maximum atomic E-state index is 12.0. The summed E-state index contributed by atoms with van der Waals surface area (Å²) in [5.74, 6) is 0.121. The van der Waals surface area contributed by atoms with Crippen molar-refractivity contribution in [3.8, 4) is 0 Å². The van der Waals surface area contributed by atoms with Crippen molar-refractivity contribution in [3.05, 3.63) is 35.9 Å². The van der Waals surface area contributed by atoms with Gasteiger partial charge in [-0.05, 0) is 38.6 Å². The second kappa shape index (κ2) is 8.44. The predicted molar refractivity (Wildman–Crippen MR) is 101 cm³/mol. The number of quaternary nitrogens is 1. The fraction of sp³-hybridized carbons (Fsp3) is 0.556. The normalized spacial score (nSPS) is 15.9. The van der Waals surface area contributed by atoms with Gasteiger partial charge in [0.1, 0.15) is 0 Å². The second-order valence-corrected chi connectivity index (χ2v) is 7.74. The maximum Gasteiger partial charge on any atom is 0.275 e. The van der Waals surface area contributed by atoms with Gasteiger partial charge in [0.2, 0.25) is 0 Å². The van der Waals surface area contributed by atoms with Crippen molar-refractivity contribution in [1.29, 1.82) is 0 Å². The highest BCUT2D eigenvalue weighted by Gasteiger charge is 2.24. The van der Waals surface area contributed by atoms with Gasteiger partial charge in [0.25, 0.3) is 5.91 Å². The van der Waals surface area contributed by atoms with E-state index < -0.39 is 0 Å². The number of piperazine rings is 1. The Labute approximate surface area is 150 Å². The van der Waals surface area contributed by atoms with Crippen LogP contribution < -0.4 is 15.5 Å². The van der Waals surface area contributed by atoms with Crippen molar-refractivity contribution in [2.24, 2.45) is 0 Å². The summed E-state index contributed by atoms with van der Waals surface area (Å²) in [5, 5.41) is 7.15. The molecule has 0 atom stereocenters. The van der Waals surface area contributed by atoms with E-state index in [4.69, 9.17) is 12.2 Å². The summed E-state index contributed by atoms with van der Waals surface area (Å²) in [6.45, 7) is 11.0. The van der Waals surface area contributed by atoms with E-state index >= 15 is 0 Å². The second-order valence-electron chi connectivity index (χ2n) is 7.36. The Balaban J connectivity index is 1.70. The van der Waals surface area contributed by atoms with E-state index in [-0.39, 0.29) is 11.4 Å². The average Bonchev–Trinajstić information content (AvgIpc) is 2.52. The van der Waals surface area contributed by atoms with Crippen LogP contribution in [0.3, 0.4) is 0 Å². The van der Waals surface area contributed by atoms with Gasteiger partial charge in [-0.1, -0.05) is 30.3 Å². The first-order chi connectivity index (χ1) is 11.3. The van der Waals surface area contributed by atoms with Crippen molar-refractivity contribution in [2.45, 2.75) is 32.9 Å². The molecule has 0 saturated carbocycles. The van der Waals surface area contributed by atoms with Crippen molar-refractivity contribution in [3.63, 3.8) is 0 Å². The van der Waals surface area contributed by atoms with Gasteiger partial charge in [0.15, 0.2) is 11.7 Å². The van der Waals surface area contributed by atoms with Gasteiger partial charge in [-0.3, -0.25) is 4.79 Å². The molecule has 1 saturated heterocycles. The smallest absolute Gasteiger partial charge is 0.275 e. The molecule has 5 nitrogen and oxygen atoms in total. The zero-order valence-electron chi connectivity index (χ0n) is 14.9. The van der Waals surface area contributed by atoms with E-state index in [1.165, 1.54) is 10.5 Å². The zero-order valence-corrected chi connectivity index (χ0v) is 15.7. The molecule has 132 valence electrons. The molecular weight excluding hydrogens is 320 g/mol. The predicted octanol–water partition coefficient (Wildman–Crippen LogP) is 0.176. The molecule has 6 heteroatoms. The van der Waals surface area contributed by atoms with Crippen LogP contribution in [0.2, 0.25) is 0 Å². The first kappa shape index (κ1) is 18.7. The number of carbonyl (C=O) groups excluding carboxylic acids is 1. The molecule has 1 aromatic carbocycles. The molecule has 24 heavy (non-hydrogen) atoms. The topological polar surface area (TPSA) is 48.8 Å². The third kappa shape index (κ3) is 6.45. The highest BCUT2D eigenvalue weighted by Crippen LogP contribution is 1.99. The van der Waals surface area contributed by atoms with Crippen LogP contribution in [-0.4, -0.2) is 54.2 Å². The molecule has 0 aliphatic carbocycles. The first-order valence-corrected chi connectivity index (χ1v) is 8.95. The van der Waals surface area contributed by atoms with Crippen LogP contribution in [0, 0.1) is 0 Å². The Morgan fingerprint density at radius 2 is 1.83 bits per heavy atom. The number of nitrogens with one attached hydrogen (secondary N) is 3. The molecule has 0 spiro atoms. The molecule has 2 rings (SSSR count). The lowest BCUT2D eigenvalue weighted by atomic mass is 10.1. The first-order valence-electron chi connectivity index (χ1n) is 8.55.